The standard InChI is InChI=1S/C12H26O2/c1-4-5-6-9-13-10-7-8-11-14-12(2)3/h12H,4-11H2,1-3H3. The van der Waals surface area contributed by atoms with E-state index < -0.39 is 0 Å². The fourth-order valence-corrected chi connectivity index (χ4v) is 1.18. The van der Waals surface area contributed by atoms with Crippen LogP contribution in [0.3, 0.4) is 0 Å². The zero-order valence-corrected chi connectivity index (χ0v) is 10.1. The molecule has 0 saturated carbocycles. The lowest BCUT2D eigenvalue weighted by atomic mass is 10.3. The van der Waals surface area contributed by atoms with Gasteiger partial charge in [0.05, 0.1) is 6.10 Å². The molecule has 0 rings (SSSR count). The maximum Gasteiger partial charge on any atom is 0.0518 e. The molecule has 0 heterocycles. The predicted molar refractivity (Wildman–Crippen MR) is 60.7 cm³/mol. The average molecular weight is 202 g/mol. The smallest absolute Gasteiger partial charge is 0.0518 e. The molecule has 14 heavy (non-hydrogen) atoms. The molecular weight excluding hydrogens is 176 g/mol. The van der Waals surface area contributed by atoms with E-state index in [9.17, 15) is 0 Å². The Morgan fingerprint density at radius 3 is 2.00 bits per heavy atom. The molecule has 0 aliphatic heterocycles. The van der Waals surface area contributed by atoms with Crippen LogP contribution in [0.5, 0.6) is 0 Å². The van der Waals surface area contributed by atoms with Gasteiger partial charge in [-0.2, -0.15) is 0 Å². The number of rotatable bonds is 10. The molecule has 0 radical (unpaired) electrons. The molecule has 0 aromatic carbocycles. The Balaban J connectivity index is 2.85. The highest BCUT2D eigenvalue weighted by molar-refractivity contribution is 4.42. The van der Waals surface area contributed by atoms with Gasteiger partial charge >= 0.3 is 0 Å². The van der Waals surface area contributed by atoms with Crippen molar-refractivity contribution < 1.29 is 9.47 Å². The van der Waals surface area contributed by atoms with E-state index in [0.717, 1.165) is 32.7 Å². The van der Waals surface area contributed by atoms with E-state index in [2.05, 4.69) is 20.8 Å². The van der Waals surface area contributed by atoms with Crippen LogP contribution in [0.1, 0.15) is 52.9 Å². The second-order valence-corrected chi connectivity index (χ2v) is 3.95. The number of unbranched alkanes of at least 4 members (excludes halogenated alkanes) is 3. The van der Waals surface area contributed by atoms with E-state index in [1.807, 2.05) is 0 Å². The topological polar surface area (TPSA) is 18.5 Å². The highest BCUT2D eigenvalue weighted by Gasteiger charge is 1.93. The van der Waals surface area contributed by atoms with Crippen LogP contribution in [0, 0.1) is 0 Å². The summed E-state index contributed by atoms with van der Waals surface area (Å²) in [6, 6.07) is 0. The second-order valence-electron chi connectivity index (χ2n) is 3.95. The van der Waals surface area contributed by atoms with Gasteiger partial charge in [0.15, 0.2) is 0 Å². The Morgan fingerprint density at radius 1 is 0.857 bits per heavy atom. The van der Waals surface area contributed by atoms with E-state index >= 15 is 0 Å². The summed E-state index contributed by atoms with van der Waals surface area (Å²) >= 11 is 0. The first kappa shape index (κ1) is 13.9. The van der Waals surface area contributed by atoms with Gasteiger partial charge < -0.3 is 9.47 Å². The van der Waals surface area contributed by atoms with Crippen LogP contribution in [0.25, 0.3) is 0 Å². The Labute approximate surface area is 89.0 Å². The van der Waals surface area contributed by atoms with Crippen molar-refractivity contribution in [2.45, 2.75) is 59.0 Å². The van der Waals surface area contributed by atoms with Crippen molar-refractivity contribution in [3.8, 4) is 0 Å². The quantitative estimate of drug-likeness (QED) is 0.505. The average Bonchev–Trinajstić information content (AvgIpc) is 2.15. The summed E-state index contributed by atoms with van der Waals surface area (Å²) in [4.78, 5) is 0. The zero-order chi connectivity index (χ0) is 10.6. The molecule has 0 spiro atoms. The summed E-state index contributed by atoms with van der Waals surface area (Å²) < 4.78 is 10.9. The highest BCUT2D eigenvalue weighted by atomic mass is 16.5. The molecule has 0 atom stereocenters. The minimum atomic E-state index is 0.362. The molecule has 0 fully saturated rings. The van der Waals surface area contributed by atoms with Gasteiger partial charge in [0.1, 0.15) is 0 Å². The van der Waals surface area contributed by atoms with E-state index in [1.165, 1.54) is 19.3 Å². The molecule has 0 aliphatic carbocycles. The minimum Gasteiger partial charge on any atom is -0.381 e. The first-order valence-electron chi connectivity index (χ1n) is 5.96. The molecule has 2 nitrogen and oxygen atoms in total. The van der Waals surface area contributed by atoms with E-state index in [0.29, 0.717) is 6.10 Å². The van der Waals surface area contributed by atoms with Crippen molar-refractivity contribution in [1.82, 2.24) is 0 Å². The fourth-order valence-electron chi connectivity index (χ4n) is 1.18. The maximum atomic E-state index is 5.49. The molecule has 0 bridgehead atoms. The summed E-state index contributed by atoms with van der Waals surface area (Å²) in [5.41, 5.74) is 0. The maximum absolute atomic E-state index is 5.49. The first-order chi connectivity index (χ1) is 6.77. The van der Waals surface area contributed by atoms with Gasteiger partial charge in [-0.05, 0) is 33.1 Å². The lowest BCUT2D eigenvalue weighted by molar-refractivity contribution is 0.0661. The highest BCUT2D eigenvalue weighted by Crippen LogP contribution is 1.97. The summed E-state index contributed by atoms with van der Waals surface area (Å²) in [5, 5.41) is 0. The third-order valence-electron chi connectivity index (χ3n) is 2.03. The predicted octanol–water partition coefficient (Wildman–Crippen LogP) is 3.40. The number of ether oxygens (including phenoxy) is 2. The Bertz CT molecular complexity index is 102. The van der Waals surface area contributed by atoms with Crippen LogP contribution in [0.15, 0.2) is 0 Å². The van der Waals surface area contributed by atoms with Gasteiger partial charge in [-0.15, -0.1) is 0 Å². The van der Waals surface area contributed by atoms with Crippen LogP contribution in [-0.2, 0) is 9.47 Å². The van der Waals surface area contributed by atoms with Crippen LogP contribution in [-0.4, -0.2) is 25.9 Å². The molecule has 0 saturated heterocycles. The molecule has 0 aromatic rings. The Hall–Kier alpha value is -0.0800. The summed E-state index contributed by atoms with van der Waals surface area (Å²) in [7, 11) is 0. The lowest BCUT2D eigenvalue weighted by Gasteiger charge is -2.07. The number of hydrogen-bond donors (Lipinski definition) is 0. The van der Waals surface area contributed by atoms with Gasteiger partial charge in [-0.25, -0.2) is 0 Å². The Kier molecular flexibility index (Phi) is 10.9. The van der Waals surface area contributed by atoms with E-state index in [4.69, 9.17) is 9.47 Å². The van der Waals surface area contributed by atoms with Crippen molar-refractivity contribution in [2.24, 2.45) is 0 Å². The molecule has 0 amide bonds. The van der Waals surface area contributed by atoms with Crippen molar-refractivity contribution in [3.05, 3.63) is 0 Å². The van der Waals surface area contributed by atoms with Crippen molar-refractivity contribution >= 4 is 0 Å². The summed E-state index contributed by atoms with van der Waals surface area (Å²) in [5.74, 6) is 0. The van der Waals surface area contributed by atoms with Gasteiger partial charge in [0.2, 0.25) is 0 Å². The van der Waals surface area contributed by atoms with Crippen LogP contribution in [0.4, 0.5) is 0 Å². The summed E-state index contributed by atoms with van der Waals surface area (Å²) in [6.45, 7) is 9.05. The molecule has 0 aromatic heterocycles. The third-order valence-corrected chi connectivity index (χ3v) is 2.03. The van der Waals surface area contributed by atoms with Crippen LogP contribution >= 0.6 is 0 Å². The Morgan fingerprint density at radius 2 is 1.43 bits per heavy atom. The van der Waals surface area contributed by atoms with Crippen LogP contribution < -0.4 is 0 Å². The number of hydrogen-bond acceptors (Lipinski definition) is 2. The largest absolute Gasteiger partial charge is 0.381 e. The third kappa shape index (κ3) is 11.9. The zero-order valence-electron chi connectivity index (χ0n) is 10.1. The first-order valence-corrected chi connectivity index (χ1v) is 5.96. The second kappa shape index (κ2) is 11.0. The van der Waals surface area contributed by atoms with Gasteiger partial charge in [0.25, 0.3) is 0 Å². The van der Waals surface area contributed by atoms with Crippen LogP contribution in [0.2, 0.25) is 0 Å². The van der Waals surface area contributed by atoms with Gasteiger partial charge in [0, 0.05) is 19.8 Å². The SMILES string of the molecule is CCCCCOCCCCOC(C)C. The van der Waals surface area contributed by atoms with E-state index in [-0.39, 0.29) is 0 Å². The lowest BCUT2D eigenvalue weighted by Crippen LogP contribution is -2.05. The monoisotopic (exact) mass is 202 g/mol. The minimum absolute atomic E-state index is 0.362. The molecule has 0 aliphatic rings. The molecule has 0 unspecified atom stereocenters. The van der Waals surface area contributed by atoms with Gasteiger partial charge in [-0.3, -0.25) is 0 Å². The normalized spacial score (nSPS) is 11.1. The molecule has 2 heteroatoms. The van der Waals surface area contributed by atoms with E-state index in [1.54, 1.807) is 0 Å². The molecule has 86 valence electrons. The summed E-state index contributed by atoms with van der Waals surface area (Å²) in [6.07, 6.45) is 6.37. The van der Waals surface area contributed by atoms with Crippen molar-refractivity contribution in [1.29, 1.82) is 0 Å². The van der Waals surface area contributed by atoms with Crippen molar-refractivity contribution in [3.63, 3.8) is 0 Å². The molecular formula is C12H26O2. The fraction of sp³-hybridized carbons (Fsp3) is 1.00. The molecule has 0 N–H and O–H groups in total. The van der Waals surface area contributed by atoms with Crippen molar-refractivity contribution in [2.75, 3.05) is 19.8 Å². The van der Waals surface area contributed by atoms with Gasteiger partial charge in [-0.1, -0.05) is 19.8 Å².